The number of rotatable bonds is 7. The molecule has 12 heteroatoms. The van der Waals surface area contributed by atoms with Gasteiger partial charge < -0.3 is 28.9 Å². The first-order valence-electron chi connectivity index (χ1n) is 18.0. The molecular weight excluding hydrogens is 710 g/mol. The van der Waals surface area contributed by atoms with Crippen molar-refractivity contribution in [2.45, 2.75) is 57.8 Å². The van der Waals surface area contributed by atoms with Crippen molar-refractivity contribution in [1.82, 2.24) is 24.7 Å². The van der Waals surface area contributed by atoms with Crippen molar-refractivity contribution >= 4 is 38.4 Å². The van der Waals surface area contributed by atoms with Crippen LogP contribution >= 0.6 is 15.9 Å². The smallest absolute Gasteiger partial charge is 0.318 e. The lowest BCUT2D eigenvalue weighted by Crippen LogP contribution is -2.49. The molecule has 51 heavy (non-hydrogen) atoms. The van der Waals surface area contributed by atoms with Gasteiger partial charge in [0.25, 0.3) is 0 Å². The van der Waals surface area contributed by atoms with Crippen LogP contribution < -0.4 is 9.64 Å². The number of hydrogen-bond donors (Lipinski definition) is 0. The molecule has 2 aromatic carbocycles. The summed E-state index contributed by atoms with van der Waals surface area (Å²) < 4.78 is 18.5. The highest BCUT2D eigenvalue weighted by Gasteiger charge is 2.31. The molecule has 0 aliphatic carbocycles. The highest BCUT2D eigenvalue weighted by Crippen LogP contribution is 2.39. The Morgan fingerprint density at radius 3 is 2.33 bits per heavy atom. The zero-order valence-electron chi connectivity index (χ0n) is 30.5. The van der Waals surface area contributed by atoms with E-state index in [4.69, 9.17) is 29.4 Å². The van der Waals surface area contributed by atoms with Gasteiger partial charge in [-0.3, -0.25) is 9.69 Å². The topological polar surface area (TPSA) is 107 Å². The van der Waals surface area contributed by atoms with Gasteiger partial charge in [-0.15, -0.1) is 0 Å². The summed E-state index contributed by atoms with van der Waals surface area (Å²) >= 11 is 3.74. The highest BCUT2D eigenvalue weighted by atomic mass is 79.9. The summed E-state index contributed by atoms with van der Waals surface area (Å²) in [6, 6.07) is 14.7. The molecule has 7 rings (SSSR count). The average molecular weight is 763 g/mol. The van der Waals surface area contributed by atoms with Gasteiger partial charge in [0.15, 0.2) is 0 Å². The number of piperidine rings is 1. The van der Waals surface area contributed by atoms with Gasteiger partial charge in [0.05, 0.1) is 37.7 Å². The molecule has 5 heterocycles. The molecular formula is C39H52BrN7O4. The molecule has 0 saturated carbocycles. The monoisotopic (exact) mass is 761 g/mol. The third-order valence-electron chi connectivity index (χ3n) is 9.99. The third-order valence-corrected chi connectivity index (χ3v) is 10.6. The van der Waals surface area contributed by atoms with E-state index >= 15 is 0 Å². The van der Waals surface area contributed by atoms with E-state index in [2.05, 4.69) is 68.0 Å². The maximum absolute atomic E-state index is 12.9. The molecule has 0 radical (unpaired) electrons. The van der Waals surface area contributed by atoms with Crippen molar-refractivity contribution in [2.75, 3.05) is 85.1 Å². The van der Waals surface area contributed by atoms with E-state index in [9.17, 15) is 4.79 Å². The molecule has 1 unspecified atom stereocenters. The van der Waals surface area contributed by atoms with Crippen molar-refractivity contribution in [3.8, 4) is 12.1 Å². The Morgan fingerprint density at radius 2 is 1.71 bits per heavy atom. The van der Waals surface area contributed by atoms with E-state index in [-0.39, 0.29) is 12.0 Å². The Morgan fingerprint density at radius 1 is 1.02 bits per heavy atom. The fourth-order valence-electron chi connectivity index (χ4n) is 7.12. The molecule has 11 nitrogen and oxygen atoms in total. The number of halogens is 1. The second-order valence-electron chi connectivity index (χ2n) is 13.3. The predicted octanol–water partition coefficient (Wildman–Crippen LogP) is 5.77. The largest absolute Gasteiger partial charge is 0.467 e. The van der Waals surface area contributed by atoms with E-state index < -0.39 is 0 Å². The van der Waals surface area contributed by atoms with E-state index in [0.29, 0.717) is 51.3 Å². The van der Waals surface area contributed by atoms with Gasteiger partial charge in [0, 0.05) is 87.8 Å². The Labute approximate surface area is 311 Å². The van der Waals surface area contributed by atoms with Crippen molar-refractivity contribution in [3.63, 3.8) is 0 Å². The van der Waals surface area contributed by atoms with Gasteiger partial charge in [0.2, 0.25) is 5.91 Å². The quantitative estimate of drug-likeness (QED) is 0.276. The zero-order chi connectivity index (χ0) is 36.2. The van der Waals surface area contributed by atoms with Crippen LogP contribution in [0, 0.1) is 11.3 Å². The molecule has 4 aliphatic rings. The number of anilines is 1. The van der Waals surface area contributed by atoms with Gasteiger partial charge in [-0.2, -0.15) is 15.2 Å². The fraction of sp³-hybridized carbons (Fsp3) is 0.538. The number of ether oxygens (including phenoxy) is 3. The lowest BCUT2D eigenvalue weighted by Gasteiger charge is -2.37. The Balaban J connectivity index is 0.000000495. The number of aromatic nitrogens is 2. The summed E-state index contributed by atoms with van der Waals surface area (Å²) in [5.41, 5.74) is 3.10. The van der Waals surface area contributed by atoms with Gasteiger partial charge in [-0.05, 0) is 62.8 Å². The second kappa shape index (κ2) is 19.3. The van der Waals surface area contributed by atoms with Crippen LogP contribution in [0.3, 0.4) is 0 Å². The van der Waals surface area contributed by atoms with Gasteiger partial charge in [-0.25, -0.2) is 0 Å². The number of nitriles is 1. The third kappa shape index (κ3) is 10.3. The SMILES string of the molecule is CC#N.CN1CCCC1.COc1nc2c(c(N3CCN(C(=O)/C=C/CN4CCC(OC)CC4)CC3)n1)COC(c1cccc3cccc(Br)c13)C2. The van der Waals surface area contributed by atoms with Crippen LogP contribution in [0.4, 0.5) is 5.82 Å². The number of carbonyl (C=O) groups is 1. The number of amides is 1. The zero-order valence-corrected chi connectivity index (χ0v) is 32.1. The Bertz CT molecular complexity index is 1650. The van der Waals surface area contributed by atoms with Crippen LogP contribution in [0.15, 0.2) is 53.0 Å². The molecule has 1 amide bonds. The standard InChI is InChI=1S/C32H38BrN5O4.C5H11N.C2H3N/c1-40-23-11-14-36(15-12-23)13-5-10-29(39)37-16-18-38(19-17-37)31-25-21-42-28(20-27(25)34-32(35-31)41-2)24-8-3-6-22-7-4-9-26(33)30(22)24;1-6-4-2-3-5-6;1-2-3/h3-10,23,28H,11-21H2,1-2H3;2-5H2,1H3;1H3/b10-5+;;. The maximum atomic E-state index is 12.9. The molecule has 3 aromatic rings. The molecule has 0 bridgehead atoms. The average Bonchev–Trinajstić information content (AvgIpc) is 3.65. The molecule has 0 N–H and O–H groups in total. The van der Waals surface area contributed by atoms with Gasteiger partial charge in [0.1, 0.15) is 5.82 Å². The first-order chi connectivity index (χ1) is 24.8. The van der Waals surface area contributed by atoms with E-state index in [0.717, 1.165) is 59.6 Å². The number of nitrogens with zero attached hydrogens (tertiary/aromatic N) is 7. The van der Waals surface area contributed by atoms with Crippen LogP contribution in [-0.2, 0) is 27.3 Å². The van der Waals surface area contributed by atoms with Crippen LogP contribution in [-0.4, -0.2) is 117 Å². The molecule has 4 aliphatic heterocycles. The van der Waals surface area contributed by atoms with E-state index in [1.807, 2.05) is 17.0 Å². The van der Waals surface area contributed by atoms with Crippen molar-refractivity contribution in [1.29, 1.82) is 5.26 Å². The number of hydrogen-bond acceptors (Lipinski definition) is 10. The van der Waals surface area contributed by atoms with E-state index in [1.54, 1.807) is 26.4 Å². The van der Waals surface area contributed by atoms with Gasteiger partial charge >= 0.3 is 6.01 Å². The number of fused-ring (bicyclic) bond motifs is 2. The summed E-state index contributed by atoms with van der Waals surface area (Å²) in [5.74, 6) is 0.910. The summed E-state index contributed by atoms with van der Waals surface area (Å²) in [6.07, 6.45) is 9.52. The summed E-state index contributed by atoms with van der Waals surface area (Å²) in [5, 5.41) is 9.66. The second-order valence-corrected chi connectivity index (χ2v) is 14.2. The number of piperazine rings is 1. The summed E-state index contributed by atoms with van der Waals surface area (Å²) in [7, 11) is 5.56. The molecule has 3 fully saturated rings. The number of methoxy groups -OCH3 is 2. The molecule has 1 aromatic heterocycles. The summed E-state index contributed by atoms with van der Waals surface area (Å²) in [6.45, 7) is 9.95. The number of benzene rings is 2. The minimum absolute atomic E-state index is 0.0659. The molecule has 274 valence electrons. The minimum Gasteiger partial charge on any atom is -0.467 e. The Hall–Kier alpha value is -3.60. The van der Waals surface area contributed by atoms with Crippen molar-refractivity contribution in [3.05, 3.63) is 69.8 Å². The minimum atomic E-state index is -0.125. The Kier molecular flexibility index (Phi) is 14.6. The lowest BCUT2D eigenvalue weighted by molar-refractivity contribution is -0.126. The summed E-state index contributed by atoms with van der Waals surface area (Å²) in [4.78, 5) is 31.3. The van der Waals surface area contributed by atoms with Crippen LogP contribution in [0.5, 0.6) is 6.01 Å². The van der Waals surface area contributed by atoms with Crippen LogP contribution in [0.25, 0.3) is 10.8 Å². The first-order valence-corrected chi connectivity index (χ1v) is 18.8. The first kappa shape index (κ1) is 38.6. The van der Waals surface area contributed by atoms with Gasteiger partial charge in [-0.1, -0.05) is 52.3 Å². The maximum Gasteiger partial charge on any atom is 0.318 e. The highest BCUT2D eigenvalue weighted by molar-refractivity contribution is 9.10. The number of likely N-dealkylation sites (tertiary alicyclic amines) is 2. The lowest BCUT2D eigenvalue weighted by atomic mass is 9.94. The van der Waals surface area contributed by atoms with Crippen LogP contribution in [0.1, 0.15) is 55.5 Å². The predicted molar refractivity (Wildman–Crippen MR) is 204 cm³/mol. The molecule has 1 atom stereocenters. The normalized spacial score (nSPS) is 19.9. The van der Waals surface area contributed by atoms with Crippen molar-refractivity contribution in [2.24, 2.45) is 0 Å². The number of carbonyl (C=O) groups excluding carboxylic acids is 1. The van der Waals surface area contributed by atoms with E-state index in [1.165, 1.54) is 43.6 Å². The molecule has 3 saturated heterocycles. The van der Waals surface area contributed by atoms with Crippen LogP contribution in [0.2, 0.25) is 0 Å². The fourth-order valence-corrected chi connectivity index (χ4v) is 7.73. The van der Waals surface area contributed by atoms with Crippen molar-refractivity contribution < 1.29 is 19.0 Å². The molecule has 0 spiro atoms.